The Balaban J connectivity index is 1.74. The van der Waals surface area contributed by atoms with Gasteiger partial charge in [-0.05, 0) is 55.2 Å². The molecule has 1 fully saturated rings. The molecule has 0 aliphatic carbocycles. The van der Waals surface area contributed by atoms with Gasteiger partial charge in [0.2, 0.25) is 10.0 Å². The van der Waals surface area contributed by atoms with Crippen LogP contribution in [0.25, 0.3) is 0 Å². The number of halogens is 1. The van der Waals surface area contributed by atoms with Gasteiger partial charge in [0, 0.05) is 18.8 Å². The standard InChI is InChI=1S/C19H21FN2O3S/c1-14-5-4-12-22(13-14)26(24,25)16-10-8-15(9-11-16)21-19(23)17-6-2-3-7-18(17)20/h2-3,6-11,14H,4-5,12-13H2,1H3,(H,21,23). The van der Waals surface area contributed by atoms with Crippen LogP contribution in [-0.4, -0.2) is 31.7 Å². The molecule has 26 heavy (non-hydrogen) atoms. The Morgan fingerprint density at radius 1 is 1.15 bits per heavy atom. The van der Waals surface area contributed by atoms with Crippen molar-refractivity contribution in [1.82, 2.24) is 4.31 Å². The summed E-state index contributed by atoms with van der Waals surface area (Å²) in [6.45, 7) is 3.09. The molecule has 0 radical (unpaired) electrons. The Morgan fingerprint density at radius 3 is 2.50 bits per heavy atom. The molecule has 1 unspecified atom stereocenters. The van der Waals surface area contributed by atoms with E-state index >= 15 is 0 Å². The molecule has 1 amide bonds. The number of anilines is 1. The highest BCUT2D eigenvalue weighted by atomic mass is 32.2. The lowest BCUT2D eigenvalue weighted by molar-refractivity contribution is 0.102. The molecule has 0 bridgehead atoms. The van der Waals surface area contributed by atoms with E-state index in [0.717, 1.165) is 12.8 Å². The highest BCUT2D eigenvalue weighted by Crippen LogP contribution is 2.24. The highest BCUT2D eigenvalue weighted by molar-refractivity contribution is 7.89. The maximum Gasteiger partial charge on any atom is 0.258 e. The molecule has 0 aromatic heterocycles. The average Bonchev–Trinajstić information content (AvgIpc) is 2.62. The fourth-order valence-corrected chi connectivity index (χ4v) is 4.67. The Hall–Kier alpha value is -2.25. The molecule has 2 aromatic carbocycles. The molecule has 5 nitrogen and oxygen atoms in total. The Bertz CT molecular complexity index is 897. The summed E-state index contributed by atoms with van der Waals surface area (Å²) in [5.74, 6) is -0.843. The molecule has 3 rings (SSSR count). The van der Waals surface area contributed by atoms with E-state index in [4.69, 9.17) is 0 Å². The summed E-state index contributed by atoms with van der Waals surface area (Å²) in [5, 5.41) is 2.58. The molecular formula is C19H21FN2O3S. The monoisotopic (exact) mass is 376 g/mol. The second-order valence-electron chi connectivity index (χ2n) is 6.57. The topological polar surface area (TPSA) is 66.5 Å². The van der Waals surface area contributed by atoms with Gasteiger partial charge in [-0.15, -0.1) is 0 Å². The number of carbonyl (C=O) groups is 1. The van der Waals surface area contributed by atoms with Gasteiger partial charge in [0.05, 0.1) is 10.5 Å². The van der Waals surface area contributed by atoms with Crippen LogP contribution < -0.4 is 5.32 Å². The largest absolute Gasteiger partial charge is 0.322 e. The second kappa shape index (κ2) is 7.55. The Morgan fingerprint density at radius 2 is 1.85 bits per heavy atom. The molecule has 1 N–H and O–H groups in total. The third-order valence-corrected chi connectivity index (χ3v) is 6.37. The summed E-state index contributed by atoms with van der Waals surface area (Å²) >= 11 is 0. The molecule has 1 aliphatic heterocycles. The molecular weight excluding hydrogens is 355 g/mol. The SMILES string of the molecule is CC1CCCN(S(=O)(=O)c2ccc(NC(=O)c3ccccc3F)cc2)C1. The summed E-state index contributed by atoms with van der Waals surface area (Å²) in [6.07, 6.45) is 1.89. The van der Waals surface area contributed by atoms with Crippen molar-refractivity contribution < 1.29 is 17.6 Å². The molecule has 1 aliphatic rings. The predicted octanol–water partition coefficient (Wildman–Crippen LogP) is 3.50. The van der Waals surface area contributed by atoms with Gasteiger partial charge in [-0.1, -0.05) is 19.1 Å². The van der Waals surface area contributed by atoms with Crippen molar-refractivity contribution in [2.75, 3.05) is 18.4 Å². The fraction of sp³-hybridized carbons (Fsp3) is 0.316. The van der Waals surface area contributed by atoms with Gasteiger partial charge in [0.25, 0.3) is 5.91 Å². The Kier molecular flexibility index (Phi) is 5.38. The van der Waals surface area contributed by atoms with Crippen LogP contribution in [0, 0.1) is 11.7 Å². The summed E-state index contributed by atoms with van der Waals surface area (Å²) in [6, 6.07) is 11.6. The number of sulfonamides is 1. The summed E-state index contributed by atoms with van der Waals surface area (Å²) in [4.78, 5) is 12.3. The van der Waals surface area contributed by atoms with Gasteiger partial charge in [-0.3, -0.25) is 4.79 Å². The second-order valence-corrected chi connectivity index (χ2v) is 8.51. The van der Waals surface area contributed by atoms with Crippen LogP contribution in [0.2, 0.25) is 0 Å². The van der Waals surface area contributed by atoms with Crippen molar-refractivity contribution in [3.63, 3.8) is 0 Å². The zero-order valence-electron chi connectivity index (χ0n) is 14.5. The van der Waals surface area contributed by atoms with Crippen molar-refractivity contribution in [3.05, 3.63) is 59.9 Å². The maximum absolute atomic E-state index is 13.7. The van der Waals surface area contributed by atoms with Gasteiger partial charge in [0.15, 0.2) is 0 Å². The molecule has 0 spiro atoms. The predicted molar refractivity (Wildman–Crippen MR) is 98.0 cm³/mol. The molecule has 1 heterocycles. The van der Waals surface area contributed by atoms with Gasteiger partial charge in [-0.2, -0.15) is 4.31 Å². The number of amides is 1. The van der Waals surface area contributed by atoms with E-state index in [1.807, 2.05) is 6.92 Å². The lowest BCUT2D eigenvalue weighted by Crippen LogP contribution is -2.39. The molecule has 0 saturated carbocycles. The highest BCUT2D eigenvalue weighted by Gasteiger charge is 2.28. The van der Waals surface area contributed by atoms with Crippen molar-refractivity contribution in [2.24, 2.45) is 5.92 Å². The minimum Gasteiger partial charge on any atom is -0.322 e. The number of rotatable bonds is 4. The van der Waals surface area contributed by atoms with Crippen LogP contribution in [0.15, 0.2) is 53.4 Å². The number of benzene rings is 2. The van der Waals surface area contributed by atoms with E-state index in [9.17, 15) is 17.6 Å². The third kappa shape index (κ3) is 3.94. The average molecular weight is 376 g/mol. The van der Waals surface area contributed by atoms with E-state index in [0.29, 0.717) is 24.7 Å². The van der Waals surface area contributed by atoms with Crippen molar-refractivity contribution in [3.8, 4) is 0 Å². The quantitative estimate of drug-likeness (QED) is 0.888. The van der Waals surface area contributed by atoms with Crippen LogP contribution in [0.1, 0.15) is 30.1 Å². The van der Waals surface area contributed by atoms with E-state index in [2.05, 4.69) is 5.32 Å². The van der Waals surface area contributed by atoms with Crippen LogP contribution in [-0.2, 0) is 10.0 Å². The molecule has 1 atom stereocenters. The van der Waals surface area contributed by atoms with E-state index < -0.39 is 21.7 Å². The fourth-order valence-electron chi connectivity index (χ4n) is 3.07. The lowest BCUT2D eigenvalue weighted by atomic mass is 10.0. The van der Waals surface area contributed by atoms with Crippen molar-refractivity contribution >= 4 is 21.6 Å². The number of hydrogen-bond donors (Lipinski definition) is 1. The minimum absolute atomic E-state index is 0.0634. The number of carbonyl (C=O) groups excluding carboxylic acids is 1. The molecule has 2 aromatic rings. The number of nitrogens with one attached hydrogen (secondary N) is 1. The Labute approximate surface area is 152 Å². The first-order chi connectivity index (χ1) is 12.4. The third-order valence-electron chi connectivity index (χ3n) is 4.49. The van der Waals surface area contributed by atoms with Crippen molar-refractivity contribution in [2.45, 2.75) is 24.7 Å². The van der Waals surface area contributed by atoms with E-state index in [1.54, 1.807) is 6.07 Å². The summed E-state index contributed by atoms with van der Waals surface area (Å²) < 4.78 is 40.6. The van der Waals surface area contributed by atoms with Gasteiger partial charge < -0.3 is 5.32 Å². The molecule has 138 valence electrons. The first-order valence-electron chi connectivity index (χ1n) is 8.54. The number of nitrogens with zero attached hydrogens (tertiary/aromatic N) is 1. The molecule has 7 heteroatoms. The first kappa shape index (κ1) is 18.5. The van der Waals surface area contributed by atoms with Crippen molar-refractivity contribution in [1.29, 1.82) is 0 Å². The van der Waals surface area contributed by atoms with E-state index in [-0.39, 0.29) is 10.5 Å². The smallest absolute Gasteiger partial charge is 0.258 e. The lowest BCUT2D eigenvalue weighted by Gasteiger charge is -2.30. The van der Waals surface area contributed by atoms with Gasteiger partial charge >= 0.3 is 0 Å². The van der Waals surface area contributed by atoms with Crippen LogP contribution in [0.5, 0.6) is 0 Å². The zero-order valence-corrected chi connectivity index (χ0v) is 15.3. The summed E-state index contributed by atoms with van der Waals surface area (Å²) in [5.41, 5.74) is 0.343. The van der Waals surface area contributed by atoms with Crippen LogP contribution in [0.3, 0.4) is 0 Å². The normalized spacial score (nSPS) is 18.5. The van der Waals surface area contributed by atoms with Crippen LogP contribution in [0.4, 0.5) is 10.1 Å². The van der Waals surface area contributed by atoms with Crippen LogP contribution >= 0.6 is 0 Å². The van der Waals surface area contributed by atoms with Gasteiger partial charge in [0.1, 0.15) is 5.82 Å². The number of hydrogen-bond acceptors (Lipinski definition) is 3. The maximum atomic E-state index is 13.7. The van der Waals surface area contributed by atoms with Gasteiger partial charge in [-0.25, -0.2) is 12.8 Å². The first-order valence-corrected chi connectivity index (χ1v) is 9.98. The number of piperidine rings is 1. The minimum atomic E-state index is -3.54. The molecule has 1 saturated heterocycles. The van der Waals surface area contributed by atoms with E-state index in [1.165, 1.54) is 46.8 Å². The zero-order chi connectivity index (χ0) is 18.7. The summed E-state index contributed by atoms with van der Waals surface area (Å²) in [7, 11) is -3.54.